The summed E-state index contributed by atoms with van der Waals surface area (Å²) in [6, 6.07) is -11.9. The first-order chi connectivity index (χ1) is 50.4. The lowest BCUT2D eigenvalue weighted by atomic mass is 9.58. The van der Waals surface area contributed by atoms with Crippen LogP contribution in [-0.2, 0) is 57.5 Å². The highest BCUT2D eigenvalue weighted by molar-refractivity contribution is 6.01. The molecule has 108 heavy (non-hydrogen) atoms. The maximum absolute atomic E-state index is 16.2. The smallest absolute Gasteiger partial charge is 0.347 e. The summed E-state index contributed by atoms with van der Waals surface area (Å²) in [4.78, 5) is 190. The minimum atomic E-state index is -5.24. The minimum Gasteiger partial charge on any atom is -0.347 e. The summed E-state index contributed by atoms with van der Waals surface area (Å²) in [6.45, 7) is 6.39. The molecule has 3 heterocycles. The Balaban J connectivity index is 1.33. The van der Waals surface area contributed by atoms with Gasteiger partial charge in [0.1, 0.15) is 78.3 Å². The predicted molar refractivity (Wildman–Crippen MR) is 380 cm³/mol. The standard InChI is InChI=1S/C75H115F9N12O12/c1-14-16-24-52-63(100)86-61(43(3)15-2)69(106)90(9)40-59(99)92(11)53-25-18-17-21-32-95(68(53)105)56(35-44-26-29-47(30-27-44)74(79,80)81)67(104)89(8)39-57(97)85-51(31-28-45-33-49(77)60(50(78)34-45)75(82,83)84)65(102)96-38-48(76)36-54(96)64(101)87-73(41-72(4,5)42-73)71(108)94(13)62(46-22-19-20-23-46)70(107)93(12)55(66(103)88(6)7)37-58(98)91(52)10/h17-18,43-56,60-62H,14-16,19-42H2,1-13H3,(H,85,97)(H,86,100)(H,87,101)/b18-17-/t43-,44?,45?,47?,48+,49?,50?,51-,52-,53-,54-,55-,56-,60?,61-,62-/m0/s1. The van der Waals surface area contributed by atoms with Gasteiger partial charge >= 0.3 is 12.4 Å². The van der Waals surface area contributed by atoms with Gasteiger partial charge in [0.15, 0.2) is 0 Å². The number of unbranched alkanes of at least 4 members (excludes halogenated alkanes) is 1. The Kier molecular flexibility index (Phi) is 29.9. The number of hydrogen-bond acceptors (Lipinski definition) is 12. The Morgan fingerprint density at radius 2 is 1.24 bits per heavy atom. The first kappa shape index (κ1) is 88.0. The second-order valence-electron chi connectivity index (χ2n) is 32.9. The number of likely N-dealkylation sites (N-methyl/N-ethyl adjacent to an activating group) is 7. The largest absolute Gasteiger partial charge is 0.397 e. The first-order valence-electron chi connectivity index (χ1n) is 38.4. The molecule has 24 nitrogen and oxygen atoms in total. The summed E-state index contributed by atoms with van der Waals surface area (Å²) in [5.74, 6) is -17.6. The Morgan fingerprint density at radius 3 is 1.81 bits per heavy atom. The van der Waals surface area contributed by atoms with Gasteiger partial charge in [-0.2, -0.15) is 26.3 Å². The lowest BCUT2D eigenvalue weighted by molar-refractivity contribution is -0.219. The second kappa shape index (κ2) is 36.7. The fourth-order valence-corrected chi connectivity index (χ4v) is 17.6. The van der Waals surface area contributed by atoms with E-state index in [1.165, 1.54) is 71.1 Å². The number of nitrogens with one attached hydrogen (secondary N) is 3. The van der Waals surface area contributed by atoms with Crippen molar-refractivity contribution >= 4 is 70.9 Å². The van der Waals surface area contributed by atoms with E-state index in [-0.39, 0.29) is 70.8 Å². The van der Waals surface area contributed by atoms with E-state index in [4.69, 9.17) is 0 Å². The van der Waals surface area contributed by atoms with Gasteiger partial charge in [0, 0.05) is 69.3 Å². The van der Waals surface area contributed by atoms with E-state index in [2.05, 4.69) is 16.0 Å². The van der Waals surface area contributed by atoms with Crippen LogP contribution in [0.25, 0.3) is 0 Å². The van der Waals surface area contributed by atoms with Gasteiger partial charge in [0.2, 0.25) is 70.9 Å². The van der Waals surface area contributed by atoms with Gasteiger partial charge < -0.3 is 60.0 Å². The molecule has 33 heteroatoms. The van der Waals surface area contributed by atoms with Crippen molar-refractivity contribution < 1.29 is 97.0 Å². The molecule has 4 saturated carbocycles. The quantitative estimate of drug-likeness (QED) is 0.131. The average Bonchev–Trinajstić information content (AvgIpc) is 0.993. The van der Waals surface area contributed by atoms with Gasteiger partial charge in [-0.1, -0.05) is 78.9 Å². The number of amides is 12. The summed E-state index contributed by atoms with van der Waals surface area (Å²) in [7, 11) is 10.7. The van der Waals surface area contributed by atoms with Gasteiger partial charge in [-0.15, -0.1) is 0 Å². The molecule has 0 aromatic heterocycles. The van der Waals surface area contributed by atoms with E-state index in [0.29, 0.717) is 44.9 Å². The molecule has 3 N–H and O–H groups in total. The van der Waals surface area contributed by atoms with Crippen molar-refractivity contribution in [3.8, 4) is 0 Å². The fourth-order valence-electron chi connectivity index (χ4n) is 17.6. The summed E-state index contributed by atoms with van der Waals surface area (Å²) in [5.41, 5.74) is -2.49. The van der Waals surface area contributed by atoms with Crippen molar-refractivity contribution in [3.63, 3.8) is 0 Å². The average molecular weight is 1550 g/mol. The third-order valence-electron chi connectivity index (χ3n) is 24.0. The molecule has 7 aliphatic rings. The molecule has 0 radical (unpaired) electrons. The maximum Gasteiger partial charge on any atom is 0.397 e. The predicted octanol–water partition coefficient (Wildman–Crippen LogP) is 7.06. The van der Waals surface area contributed by atoms with E-state index in [1.54, 1.807) is 26.0 Å². The molecule has 0 aromatic rings. The number of fused-ring (bicyclic) bond motifs is 3. The summed E-state index contributed by atoms with van der Waals surface area (Å²) in [5, 5.41) is 8.20. The number of halogens is 9. The molecule has 2 unspecified atom stereocenters. The molecule has 7 rings (SSSR count). The van der Waals surface area contributed by atoms with Crippen LogP contribution < -0.4 is 16.0 Å². The molecule has 12 amide bonds. The van der Waals surface area contributed by atoms with E-state index < -0.39 is 255 Å². The Hall–Kier alpha value is -7.25. The fraction of sp³-hybridized carbons (Fsp3) is 0.813. The number of hydrogen-bond donors (Lipinski definition) is 3. The van der Waals surface area contributed by atoms with Gasteiger partial charge in [-0.3, -0.25) is 57.5 Å². The molecule has 6 fully saturated rings. The Bertz CT molecular complexity index is 3260. The third-order valence-corrected chi connectivity index (χ3v) is 24.0. The molecular weight excluding hydrogens is 1430 g/mol. The lowest BCUT2D eigenvalue weighted by Gasteiger charge is -2.54. The number of nitrogens with zero attached hydrogens (tertiary/aromatic N) is 9. The van der Waals surface area contributed by atoms with Crippen LogP contribution in [0.15, 0.2) is 12.2 Å². The number of carbonyl (C=O) groups is 12. The van der Waals surface area contributed by atoms with Crippen molar-refractivity contribution in [3.05, 3.63) is 12.2 Å². The van der Waals surface area contributed by atoms with E-state index >= 15 is 41.9 Å². The number of rotatable bonds is 12. The number of carbonyl (C=O) groups excluding carboxylic acids is 12. The second-order valence-corrected chi connectivity index (χ2v) is 32.9. The van der Waals surface area contributed by atoms with Crippen LogP contribution >= 0.6 is 0 Å². The van der Waals surface area contributed by atoms with Crippen LogP contribution in [0.4, 0.5) is 39.5 Å². The minimum absolute atomic E-state index is 0.0243. The maximum atomic E-state index is 16.2. The summed E-state index contributed by atoms with van der Waals surface area (Å²) >= 11 is 0. The lowest BCUT2D eigenvalue weighted by Crippen LogP contribution is -2.71. The molecule has 2 saturated heterocycles. The zero-order chi connectivity index (χ0) is 80.6. The topological polar surface area (TPSA) is 270 Å². The molecule has 3 aliphatic heterocycles. The highest BCUT2D eigenvalue weighted by Gasteiger charge is 2.60. The molecule has 610 valence electrons. The molecule has 12 atom stereocenters. The van der Waals surface area contributed by atoms with Crippen molar-refractivity contribution in [2.45, 2.75) is 267 Å². The van der Waals surface area contributed by atoms with Crippen LogP contribution in [0.2, 0.25) is 0 Å². The van der Waals surface area contributed by atoms with Gasteiger partial charge in [-0.25, -0.2) is 13.2 Å². The first-order valence-corrected chi connectivity index (χ1v) is 38.4. The van der Waals surface area contributed by atoms with Crippen LogP contribution in [0, 0.1) is 40.9 Å². The third kappa shape index (κ3) is 21.0. The van der Waals surface area contributed by atoms with Crippen LogP contribution in [-0.4, -0.2) is 282 Å². The molecule has 0 aromatic carbocycles. The van der Waals surface area contributed by atoms with Gasteiger partial charge in [0.25, 0.3) is 0 Å². The molecule has 4 aliphatic carbocycles. The van der Waals surface area contributed by atoms with Gasteiger partial charge in [0.05, 0.1) is 32.0 Å². The molecule has 1 spiro atoms. The Labute approximate surface area is 628 Å². The molecular formula is C75H115F9N12O12. The normalized spacial score (nSPS) is 32.4. The summed E-state index contributed by atoms with van der Waals surface area (Å²) in [6.07, 6.45) is -15.1. The van der Waals surface area contributed by atoms with Crippen molar-refractivity contribution in [1.82, 2.24) is 60.0 Å². The van der Waals surface area contributed by atoms with E-state index in [1.807, 2.05) is 20.8 Å². The van der Waals surface area contributed by atoms with Crippen LogP contribution in [0.5, 0.6) is 0 Å². The summed E-state index contributed by atoms with van der Waals surface area (Å²) < 4.78 is 131. The highest BCUT2D eigenvalue weighted by Crippen LogP contribution is 2.50. The van der Waals surface area contributed by atoms with Crippen molar-refractivity contribution in [2.75, 3.05) is 82.6 Å². The van der Waals surface area contributed by atoms with E-state index in [9.17, 15) is 55.1 Å². The zero-order valence-electron chi connectivity index (χ0n) is 64.9. The van der Waals surface area contributed by atoms with Crippen LogP contribution in [0.1, 0.15) is 182 Å². The van der Waals surface area contributed by atoms with Crippen LogP contribution in [0.3, 0.4) is 0 Å². The number of alkyl halides is 9. The zero-order valence-corrected chi connectivity index (χ0v) is 64.9. The molecule has 2 bridgehead atoms. The Morgan fingerprint density at radius 1 is 0.630 bits per heavy atom. The highest BCUT2D eigenvalue weighted by atomic mass is 19.4. The van der Waals surface area contributed by atoms with Gasteiger partial charge in [-0.05, 0) is 132 Å². The SMILES string of the molecule is CCCC[C@H]1C(=O)N[C@@H]([C@@H](C)CC)C(=O)N(C)CC(=O)N(C)[C@H]2C/C=C\CCN(C2=O)[C@@H](CC2CCC(C(F)(F)F)CC2)C(=O)N(C)CC(=O)N[C@@H](CCC2CC(F)C(C(F)(F)F)C(F)C2)C(=O)N2C[C@H](F)C[C@H]2C(=O)NC2(CC(C)(C)C2)C(=O)N(C)[C@@H](C2CCCC2)C(=O)N(C)[C@H](C(=O)N(C)C)CC(=O)N1C. The van der Waals surface area contributed by atoms with E-state index in [0.717, 1.165) is 29.4 Å². The monoisotopic (exact) mass is 1550 g/mol. The van der Waals surface area contributed by atoms with Crippen molar-refractivity contribution in [2.24, 2.45) is 40.9 Å². The van der Waals surface area contributed by atoms with Crippen molar-refractivity contribution in [1.29, 1.82) is 0 Å².